The predicted octanol–water partition coefficient (Wildman–Crippen LogP) is 3.44. The Kier molecular flexibility index (Phi) is 9.49. The Morgan fingerprint density at radius 3 is 2.61 bits per heavy atom. The molecule has 2 aliphatic heterocycles. The summed E-state index contributed by atoms with van der Waals surface area (Å²) in [4.78, 5) is 37.1. The third-order valence-corrected chi connectivity index (χ3v) is 8.41. The van der Waals surface area contributed by atoms with Gasteiger partial charge in [-0.2, -0.15) is 14.6 Å². The van der Waals surface area contributed by atoms with Crippen molar-refractivity contribution < 1.29 is 18.8 Å². The Morgan fingerprint density at radius 2 is 1.91 bits per heavy atom. The maximum absolute atomic E-state index is 14.0. The molecule has 14 heteroatoms. The second kappa shape index (κ2) is 13.9. The van der Waals surface area contributed by atoms with Crippen LogP contribution in [0.25, 0.3) is 16.9 Å². The average molecular weight is 631 g/mol. The number of hydrogen-bond donors (Lipinski definition) is 2. The number of para-hydroxylation sites is 1. The Balaban J connectivity index is 1.24. The molecular weight excluding hydrogens is 591 g/mol. The van der Waals surface area contributed by atoms with Gasteiger partial charge in [0.1, 0.15) is 17.6 Å². The Hall–Kier alpha value is -4.50. The van der Waals surface area contributed by atoms with E-state index in [4.69, 9.17) is 14.7 Å². The van der Waals surface area contributed by atoms with E-state index in [-0.39, 0.29) is 0 Å². The van der Waals surface area contributed by atoms with Gasteiger partial charge in [0.15, 0.2) is 0 Å². The number of likely N-dealkylation sites (N-methyl/N-ethyl adjacent to an activating group) is 1. The average Bonchev–Trinajstić information content (AvgIpc) is 3.79. The topological polar surface area (TPSA) is 126 Å². The Labute approximate surface area is 267 Å². The van der Waals surface area contributed by atoms with Crippen molar-refractivity contribution >= 4 is 17.8 Å². The number of carbonyl (C=O) groups excluding carboxylic acids is 1. The first-order chi connectivity index (χ1) is 22.3. The van der Waals surface area contributed by atoms with Crippen LogP contribution in [0.4, 0.5) is 21.0 Å². The molecule has 2 fully saturated rings. The minimum Gasteiger partial charge on any atom is -0.383 e. The molecule has 13 nitrogen and oxygen atoms in total. The first-order valence-electron chi connectivity index (χ1n) is 15.3. The van der Waals surface area contributed by atoms with Crippen molar-refractivity contribution in [2.24, 2.45) is 0 Å². The van der Waals surface area contributed by atoms with Crippen molar-refractivity contribution in [3.05, 3.63) is 78.1 Å². The van der Waals surface area contributed by atoms with E-state index in [2.05, 4.69) is 49.5 Å². The predicted molar refractivity (Wildman–Crippen MR) is 171 cm³/mol. The van der Waals surface area contributed by atoms with Gasteiger partial charge in [-0.1, -0.05) is 18.2 Å². The van der Waals surface area contributed by atoms with Crippen molar-refractivity contribution in [2.75, 3.05) is 64.2 Å². The molecule has 0 aliphatic carbocycles. The van der Waals surface area contributed by atoms with Crippen LogP contribution in [-0.2, 0) is 9.57 Å². The number of methoxy groups -OCH3 is 1. The van der Waals surface area contributed by atoms with Gasteiger partial charge in [-0.25, -0.2) is 24.4 Å². The molecule has 6 rings (SSSR count). The number of benzene rings is 1. The molecule has 2 aliphatic rings. The third-order valence-electron chi connectivity index (χ3n) is 8.41. The summed E-state index contributed by atoms with van der Waals surface area (Å²) < 4.78 is 20.9. The highest BCUT2D eigenvalue weighted by atomic mass is 19.1. The lowest BCUT2D eigenvalue weighted by Crippen LogP contribution is -2.42. The van der Waals surface area contributed by atoms with Gasteiger partial charge in [-0.15, -0.1) is 0 Å². The second-order valence-electron chi connectivity index (χ2n) is 11.7. The summed E-state index contributed by atoms with van der Waals surface area (Å²) in [7, 11) is 5.79. The van der Waals surface area contributed by atoms with Crippen LogP contribution in [0.3, 0.4) is 0 Å². The zero-order valence-electron chi connectivity index (χ0n) is 26.4. The third kappa shape index (κ3) is 6.84. The van der Waals surface area contributed by atoms with Crippen molar-refractivity contribution in [3.8, 4) is 16.9 Å². The van der Waals surface area contributed by atoms with E-state index in [9.17, 15) is 9.18 Å². The zero-order valence-corrected chi connectivity index (χ0v) is 26.4. The summed E-state index contributed by atoms with van der Waals surface area (Å²) >= 11 is 0. The minimum atomic E-state index is -0.621. The van der Waals surface area contributed by atoms with Gasteiger partial charge in [-0.05, 0) is 57.3 Å². The number of carbonyl (C=O) groups is 1. The smallest absolute Gasteiger partial charge is 0.320 e. The number of hydroxylamine groups is 2. The van der Waals surface area contributed by atoms with Gasteiger partial charge >= 0.3 is 6.03 Å². The summed E-state index contributed by atoms with van der Waals surface area (Å²) in [5.74, 6) is 0.565. The van der Waals surface area contributed by atoms with E-state index >= 15 is 0 Å². The molecule has 5 heterocycles. The highest BCUT2D eigenvalue weighted by Gasteiger charge is 2.37. The molecule has 0 spiro atoms. The standard InChI is InChI=1S/C32H39FN10O3/c1-21-28(23-17-35-31(36-18-23)41-13-11-25(19-41)40(2)3)39-43(24-8-6-5-7-9-24)30(21)38-32(44)37-26-20-42(14-15-45-4)46-29(26)22-10-12-34-27(33)16-22/h5-10,12,16-18,25-26,29H,11,13-15,19-20H2,1-4H3,(H2,37,38,44)/t25-,26-,29+/m1/s1. The van der Waals surface area contributed by atoms with Crippen LogP contribution in [-0.4, -0.2) is 107 Å². The number of hydrogen-bond acceptors (Lipinski definition) is 10. The molecule has 242 valence electrons. The fraction of sp³-hybridized carbons (Fsp3) is 0.406. The lowest BCUT2D eigenvalue weighted by molar-refractivity contribution is -0.154. The molecule has 4 aromatic rings. The Morgan fingerprint density at radius 1 is 1.13 bits per heavy atom. The maximum Gasteiger partial charge on any atom is 0.320 e. The minimum absolute atomic E-state index is 0.379. The molecule has 3 aromatic heterocycles. The van der Waals surface area contributed by atoms with Crippen molar-refractivity contribution in [1.82, 2.24) is 40.0 Å². The van der Waals surface area contributed by atoms with Crippen LogP contribution in [0.2, 0.25) is 0 Å². The van der Waals surface area contributed by atoms with Gasteiger partial charge in [0, 0.05) is 69.0 Å². The van der Waals surface area contributed by atoms with E-state index in [1.807, 2.05) is 37.3 Å². The highest BCUT2D eigenvalue weighted by Crippen LogP contribution is 2.32. The number of aromatic nitrogens is 5. The number of pyridine rings is 1. The number of nitrogens with one attached hydrogen (secondary N) is 2. The fourth-order valence-corrected chi connectivity index (χ4v) is 5.88. The molecule has 0 radical (unpaired) electrons. The SMILES string of the molecule is COCCN1C[C@@H](NC(=O)Nc2c(C)c(-c3cnc(N4CC[C@@H](N(C)C)C4)nc3)nn2-c2ccccc2)[C@H](c2ccnc(F)c2)O1. The first kappa shape index (κ1) is 31.5. The second-order valence-corrected chi connectivity index (χ2v) is 11.7. The van der Waals surface area contributed by atoms with Gasteiger partial charge in [0.2, 0.25) is 11.9 Å². The molecule has 46 heavy (non-hydrogen) atoms. The lowest BCUT2D eigenvalue weighted by atomic mass is 10.0. The van der Waals surface area contributed by atoms with Crippen LogP contribution < -0.4 is 15.5 Å². The molecule has 0 unspecified atom stereocenters. The van der Waals surface area contributed by atoms with Crippen LogP contribution in [0.1, 0.15) is 23.7 Å². The molecular formula is C32H39FN10O3. The zero-order chi connectivity index (χ0) is 32.2. The van der Waals surface area contributed by atoms with Crippen LogP contribution in [0.15, 0.2) is 61.1 Å². The summed E-state index contributed by atoms with van der Waals surface area (Å²) in [5.41, 5.74) is 3.48. The molecule has 2 saturated heterocycles. The summed E-state index contributed by atoms with van der Waals surface area (Å²) in [6.07, 6.45) is 5.39. The quantitative estimate of drug-likeness (QED) is 0.252. The molecule has 0 bridgehead atoms. The molecule has 2 amide bonds. The van der Waals surface area contributed by atoms with E-state index in [1.165, 1.54) is 12.3 Å². The monoisotopic (exact) mass is 630 g/mol. The lowest BCUT2D eigenvalue weighted by Gasteiger charge is -2.20. The summed E-state index contributed by atoms with van der Waals surface area (Å²) in [5, 5.41) is 12.7. The van der Waals surface area contributed by atoms with Gasteiger partial charge in [0.25, 0.3) is 0 Å². The molecule has 2 N–H and O–H groups in total. The number of urea groups is 1. The Bertz CT molecular complexity index is 1640. The van der Waals surface area contributed by atoms with E-state index in [1.54, 1.807) is 35.3 Å². The molecule has 0 saturated carbocycles. The maximum atomic E-state index is 14.0. The number of halogens is 1. The van der Waals surface area contributed by atoms with Crippen molar-refractivity contribution in [1.29, 1.82) is 0 Å². The van der Waals surface area contributed by atoms with Gasteiger partial charge in [-0.3, -0.25) is 10.2 Å². The van der Waals surface area contributed by atoms with Crippen LogP contribution in [0.5, 0.6) is 0 Å². The van der Waals surface area contributed by atoms with E-state index in [0.717, 1.165) is 36.3 Å². The normalized spacial score (nSPS) is 20.0. The van der Waals surface area contributed by atoms with Crippen molar-refractivity contribution in [3.63, 3.8) is 0 Å². The first-order valence-corrected chi connectivity index (χ1v) is 15.3. The van der Waals surface area contributed by atoms with Gasteiger partial charge in [0.05, 0.1) is 18.3 Å². The van der Waals surface area contributed by atoms with Crippen molar-refractivity contribution in [2.45, 2.75) is 31.5 Å². The summed E-state index contributed by atoms with van der Waals surface area (Å²) in [6, 6.07) is 12.1. The molecule has 1 aromatic carbocycles. The highest BCUT2D eigenvalue weighted by molar-refractivity contribution is 5.91. The number of anilines is 2. The van der Waals surface area contributed by atoms with Gasteiger partial charge < -0.3 is 19.9 Å². The summed E-state index contributed by atoms with van der Waals surface area (Å²) in [6.45, 7) is 4.99. The fourth-order valence-electron chi connectivity index (χ4n) is 5.88. The largest absolute Gasteiger partial charge is 0.383 e. The van der Waals surface area contributed by atoms with E-state index in [0.29, 0.717) is 48.8 Å². The molecule has 3 atom stereocenters. The van der Waals surface area contributed by atoms with E-state index < -0.39 is 24.1 Å². The number of ether oxygens (including phenoxy) is 1. The number of nitrogens with zero attached hydrogens (tertiary/aromatic N) is 8. The van der Waals surface area contributed by atoms with Crippen LogP contribution >= 0.6 is 0 Å². The number of rotatable bonds is 10. The number of amides is 2. The van der Waals surface area contributed by atoms with Crippen LogP contribution in [0, 0.1) is 12.9 Å².